The van der Waals surface area contributed by atoms with Crippen LogP contribution in [0.15, 0.2) is 12.5 Å². The number of nitrogens with zero attached hydrogens (tertiary/aromatic N) is 2. The summed E-state index contributed by atoms with van der Waals surface area (Å²) in [6.45, 7) is 4.02. The summed E-state index contributed by atoms with van der Waals surface area (Å²) in [6, 6.07) is 0.269. The van der Waals surface area contributed by atoms with Gasteiger partial charge in [0.2, 0.25) is 0 Å². The van der Waals surface area contributed by atoms with E-state index < -0.39 is 6.10 Å². The quantitative estimate of drug-likeness (QED) is 0.665. The molecule has 0 fully saturated rings. The van der Waals surface area contributed by atoms with Crippen molar-refractivity contribution in [1.29, 1.82) is 0 Å². The highest BCUT2D eigenvalue weighted by Crippen LogP contribution is 2.15. The summed E-state index contributed by atoms with van der Waals surface area (Å²) < 4.78 is 1.85. The lowest BCUT2D eigenvalue weighted by Crippen LogP contribution is -2.07. The minimum atomic E-state index is -0.852. The maximum absolute atomic E-state index is 9.35. The van der Waals surface area contributed by atoms with Crippen molar-refractivity contribution in [3.05, 3.63) is 18.2 Å². The van der Waals surface area contributed by atoms with E-state index in [1.54, 1.807) is 12.5 Å². The lowest BCUT2D eigenvalue weighted by molar-refractivity contribution is 0.225. The predicted octanol–water partition coefficient (Wildman–Crippen LogP) is 1.13. The van der Waals surface area contributed by atoms with Crippen molar-refractivity contribution in [2.24, 2.45) is 0 Å². The Morgan fingerprint density at radius 3 is 2.83 bits per heavy atom. The zero-order valence-corrected chi connectivity index (χ0v) is 7.23. The summed E-state index contributed by atoms with van der Waals surface area (Å²) in [5, 5.41) is 9.35. The van der Waals surface area contributed by atoms with E-state index in [9.17, 15) is 5.11 Å². The molecule has 3 heteroatoms. The first-order chi connectivity index (χ1) is 5.66. The molecule has 1 N–H and O–H groups in total. The van der Waals surface area contributed by atoms with E-state index in [1.807, 2.05) is 18.4 Å². The normalized spacial score (nSPS) is 12.9. The van der Waals surface area contributed by atoms with E-state index in [0.29, 0.717) is 5.69 Å². The molecule has 0 aromatic carbocycles. The van der Waals surface area contributed by atoms with Gasteiger partial charge in [0.15, 0.2) is 6.10 Å². The van der Waals surface area contributed by atoms with E-state index in [0.717, 1.165) is 0 Å². The molecule has 0 radical (unpaired) electrons. The van der Waals surface area contributed by atoms with Crippen molar-refractivity contribution in [3.8, 4) is 12.3 Å². The standard InChI is InChI=1S/C9H12N2O/c1-4-9(12)8-5-10-6-11(8)7(2)3/h1,5-7,9,12H,2-3H3. The smallest absolute Gasteiger partial charge is 0.156 e. The Morgan fingerprint density at radius 2 is 2.33 bits per heavy atom. The van der Waals surface area contributed by atoms with Crippen molar-refractivity contribution in [2.75, 3.05) is 0 Å². The second-order valence-corrected chi connectivity index (χ2v) is 2.89. The third kappa shape index (κ3) is 1.49. The van der Waals surface area contributed by atoms with Crippen LogP contribution in [0.1, 0.15) is 31.7 Å². The molecule has 0 aliphatic carbocycles. The Bertz CT molecular complexity index is 296. The van der Waals surface area contributed by atoms with Crippen LogP contribution in [-0.4, -0.2) is 14.7 Å². The van der Waals surface area contributed by atoms with Gasteiger partial charge in [-0.25, -0.2) is 4.98 Å². The molecule has 1 unspecified atom stereocenters. The second kappa shape index (κ2) is 3.42. The highest BCUT2D eigenvalue weighted by Gasteiger charge is 2.11. The zero-order chi connectivity index (χ0) is 9.14. The number of hydrogen-bond acceptors (Lipinski definition) is 2. The van der Waals surface area contributed by atoms with Crippen LogP contribution in [0.2, 0.25) is 0 Å². The minimum Gasteiger partial charge on any atom is -0.374 e. The summed E-state index contributed by atoms with van der Waals surface area (Å²) in [7, 11) is 0. The molecule has 0 aliphatic rings. The van der Waals surface area contributed by atoms with Gasteiger partial charge in [-0.05, 0) is 13.8 Å². The SMILES string of the molecule is C#CC(O)c1cncn1C(C)C. The highest BCUT2D eigenvalue weighted by molar-refractivity contribution is 5.13. The van der Waals surface area contributed by atoms with Crippen molar-refractivity contribution < 1.29 is 5.11 Å². The average Bonchev–Trinajstić information content (AvgIpc) is 2.50. The van der Waals surface area contributed by atoms with E-state index in [4.69, 9.17) is 6.42 Å². The number of aliphatic hydroxyl groups is 1. The van der Waals surface area contributed by atoms with Crippen LogP contribution >= 0.6 is 0 Å². The van der Waals surface area contributed by atoms with Gasteiger partial charge < -0.3 is 9.67 Å². The molecule has 1 aromatic heterocycles. The molecule has 12 heavy (non-hydrogen) atoms. The molecule has 0 amide bonds. The van der Waals surface area contributed by atoms with Gasteiger partial charge in [-0.2, -0.15) is 0 Å². The number of hydrogen-bond donors (Lipinski definition) is 1. The Morgan fingerprint density at radius 1 is 1.67 bits per heavy atom. The third-order valence-corrected chi connectivity index (χ3v) is 1.69. The van der Waals surface area contributed by atoms with Crippen LogP contribution in [0.5, 0.6) is 0 Å². The summed E-state index contributed by atoms with van der Waals surface area (Å²) >= 11 is 0. The fraction of sp³-hybridized carbons (Fsp3) is 0.444. The number of imidazole rings is 1. The van der Waals surface area contributed by atoms with E-state index in [2.05, 4.69) is 10.9 Å². The molecule has 0 aliphatic heterocycles. The summed E-state index contributed by atoms with van der Waals surface area (Å²) in [4.78, 5) is 3.92. The van der Waals surface area contributed by atoms with Crippen molar-refractivity contribution in [2.45, 2.75) is 26.0 Å². The van der Waals surface area contributed by atoms with Crippen LogP contribution in [0.25, 0.3) is 0 Å². The molecule has 3 nitrogen and oxygen atoms in total. The molecule has 0 saturated heterocycles. The van der Waals surface area contributed by atoms with E-state index in [1.165, 1.54) is 0 Å². The zero-order valence-electron chi connectivity index (χ0n) is 7.23. The largest absolute Gasteiger partial charge is 0.374 e. The number of aliphatic hydroxyl groups excluding tert-OH is 1. The molecule has 1 aromatic rings. The van der Waals surface area contributed by atoms with E-state index in [-0.39, 0.29) is 6.04 Å². The molecule has 1 rings (SSSR count). The van der Waals surface area contributed by atoms with Crippen LogP contribution in [0.4, 0.5) is 0 Å². The van der Waals surface area contributed by atoms with Gasteiger partial charge in [0, 0.05) is 6.04 Å². The maximum Gasteiger partial charge on any atom is 0.156 e. The van der Waals surface area contributed by atoms with Gasteiger partial charge in [0.25, 0.3) is 0 Å². The van der Waals surface area contributed by atoms with Crippen LogP contribution in [0.3, 0.4) is 0 Å². The van der Waals surface area contributed by atoms with Crippen molar-refractivity contribution in [3.63, 3.8) is 0 Å². The minimum absolute atomic E-state index is 0.269. The Hall–Kier alpha value is -1.27. The van der Waals surface area contributed by atoms with Gasteiger partial charge >= 0.3 is 0 Å². The Balaban J connectivity index is 3.01. The van der Waals surface area contributed by atoms with Gasteiger partial charge in [-0.3, -0.25) is 0 Å². The van der Waals surface area contributed by atoms with Crippen LogP contribution in [-0.2, 0) is 0 Å². The second-order valence-electron chi connectivity index (χ2n) is 2.89. The van der Waals surface area contributed by atoms with Gasteiger partial charge in [-0.1, -0.05) is 5.92 Å². The molecule has 1 atom stereocenters. The monoisotopic (exact) mass is 164 g/mol. The number of rotatable bonds is 2. The molecule has 0 saturated carbocycles. The molecule has 1 heterocycles. The third-order valence-electron chi connectivity index (χ3n) is 1.69. The Kier molecular flexibility index (Phi) is 2.51. The first kappa shape index (κ1) is 8.82. The number of terminal acetylenes is 1. The van der Waals surface area contributed by atoms with Gasteiger partial charge in [0.05, 0.1) is 18.2 Å². The molecular formula is C9H12N2O. The van der Waals surface area contributed by atoms with Crippen LogP contribution < -0.4 is 0 Å². The summed E-state index contributed by atoms with van der Waals surface area (Å²) in [6.07, 6.45) is 7.49. The molecule has 0 spiro atoms. The predicted molar refractivity (Wildman–Crippen MR) is 46.4 cm³/mol. The van der Waals surface area contributed by atoms with E-state index >= 15 is 0 Å². The van der Waals surface area contributed by atoms with Crippen molar-refractivity contribution in [1.82, 2.24) is 9.55 Å². The van der Waals surface area contributed by atoms with Gasteiger partial charge in [0.1, 0.15) is 0 Å². The highest BCUT2D eigenvalue weighted by atomic mass is 16.3. The van der Waals surface area contributed by atoms with Crippen molar-refractivity contribution >= 4 is 0 Å². The topological polar surface area (TPSA) is 38.1 Å². The lowest BCUT2D eigenvalue weighted by Gasteiger charge is -2.12. The first-order valence-electron chi connectivity index (χ1n) is 3.82. The lowest BCUT2D eigenvalue weighted by atomic mass is 10.2. The molecule has 64 valence electrons. The fourth-order valence-electron chi connectivity index (χ4n) is 1.04. The Labute approximate surface area is 72.1 Å². The summed E-state index contributed by atoms with van der Waals surface area (Å²) in [5.41, 5.74) is 0.674. The molecule has 0 bridgehead atoms. The fourth-order valence-corrected chi connectivity index (χ4v) is 1.04. The first-order valence-corrected chi connectivity index (χ1v) is 3.82. The number of aromatic nitrogens is 2. The molecular weight excluding hydrogens is 152 g/mol. The van der Waals surface area contributed by atoms with Crippen LogP contribution in [0, 0.1) is 12.3 Å². The maximum atomic E-state index is 9.35. The van der Waals surface area contributed by atoms with Gasteiger partial charge in [-0.15, -0.1) is 6.42 Å². The summed E-state index contributed by atoms with van der Waals surface area (Å²) in [5.74, 6) is 2.26. The average molecular weight is 164 g/mol.